The van der Waals surface area contributed by atoms with Crippen LogP contribution in [0.2, 0.25) is 0 Å². The maximum atomic E-state index is 11.9. The molecule has 2 heterocycles. The molecule has 2 saturated heterocycles. The first-order valence-electron chi connectivity index (χ1n) is 8.08. The molecule has 3 N–H and O–H groups in total. The molecule has 0 bridgehead atoms. The van der Waals surface area contributed by atoms with Crippen LogP contribution in [0.4, 0.5) is 4.79 Å². The van der Waals surface area contributed by atoms with E-state index in [4.69, 9.17) is 0 Å². The molecule has 0 spiro atoms. The molecule has 120 valence electrons. The van der Waals surface area contributed by atoms with Gasteiger partial charge in [0.15, 0.2) is 0 Å². The van der Waals surface area contributed by atoms with E-state index in [2.05, 4.69) is 34.7 Å². The summed E-state index contributed by atoms with van der Waals surface area (Å²) in [5, 5.41) is 8.64. The van der Waals surface area contributed by atoms with Crippen LogP contribution in [-0.4, -0.2) is 55.6 Å². The number of fused-ring (bicyclic) bond motifs is 1. The van der Waals surface area contributed by atoms with Crippen molar-refractivity contribution < 1.29 is 9.59 Å². The fourth-order valence-electron chi connectivity index (χ4n) is 3.15. The van der Waals surface area contributed by atoms with Crippen molar-refractivity contribution in [1.82, 2.24) is 20.9 Å². The van der Waals surface area contributed by atoms with Gasteiger partial charge in [-0.25, -0.2) is 4.79 Å². The number of amides is 3. The topological polar surface area (TPSA) is 73.5 Å². The van der Waals surface area contributed by atoms with Gasteiger partial charge in [-0.2, -0.15) is 0 Å². The molecule has 2 fully saturated rings. The molecule has 0 radical (unpaired) electrons. The van der Waals surface area contributed by atoms with Gasteiger partial charge < -0.3 is 10.6 Å². The number of hydrogen-bond donors (Lipinski definition) is 3. The summed E-state index contributed by atoms with van der Waals surface area (Å²) in [7, 11) is 0. The van der Waals surface area contributed by atoms with Crippen LogP contribution >= 0.6 is 0 Å². The number of urea groups is 1. The van der Waals surface area contributed by atoms with E-state index in [9.17, 15) is 9.59 Å². The van der Waals surface area contributed by atoms with Crippen LogP contribution in [0.1, 0.15) is 33.1 Å². The second-order valence-corrected chi connectivity index (χ2v) is 6.64. The van der Waals surface area contributed by atoms with Gasteiger partial charge in [-0.15, -0.1) is 0 Å². The van der Waals surface area contributed by atoms with Crippen molar-refractivity contribution in [2.24, 2.45) is 11.8 Å². The Morgan fingerprint density at radius 2 is 2.14 bits per heavy atom. The standard InChI is InChI=1S/C15H28N4O2/c1-11(2)5-7-17-15(21)18-14(20)10-19-8-12-4-3-6-16-13(12)9-19/h11-13,16H,3-10H2,1-2H3,(H2,17,18,20,21). The predicted octanol–water partition coefficient (Wildman–Crippen LogP) is 0.542. The van der Waals surface area contributed by atoms with Crippen LogP contribution in [0.25, 0.3) is 0 Å². The minimum Gasteiger partial charge on any atom is -0.338 e. The average Bonchev–Trinajstić information content (AvgIpc) is 2.79. The van der Waals surface area contributed by atoms with E-state index in [0.29, 0.717) is 31.0 Å². The van der Waals surface area contributed by atoms with Gasteiger partial charge in [-0.3, -0.25) is 15.0 Å². The molecular formula is C15H28N4O2. The second kappa shape index (κ2) is 7.75. The molecule has 0 aliphatic carbocycles. The van der Waals surface area contributed by atoms with Crippen LogP contribution < -0.4 is 16.0 Å². The molecule has 2 unspecified atom stereocenters. The molecular weight excluding hydrogens is 268 g/mol. The van der Waals surface area contributed by atoms with Crippen molar-refractivity contribution >= 4 is 11.9 Å². The molecule has 3 amide bonds. The third kappa shape index (κ3) is 5.28. The molecule has 2 aliphatic rings. The first-order valence-corrected chi connectivity index (χ1v) is 8.08. The molecule has 0 aromatic rings. The van der Waals surface area contributed by atoms with Crippen molar-refractivity contribution in [3.05, 3.63) is 0 Å². The molecule has 2 atom stereocenters. The maximum Gasteiger partial charge on any atom is 0.321 e. The number of piperidine rings is 1. The summed E-state index contributed by atoms with van der Waals surface area (Å²) in [6.07, 6.45) is 3.38. The van der Waals surface area contributed by atoms with E-state index in [-0.39, 0.29) is 11.9 Å². The van der Waals surface area contributed by atoms with Gasteiger partial charge in [0.2, 0.25) is 5.91 Å². The number of likely N-dealkylation sites (tertiary alicyclic amines) is 1. The first kappa shape index (κ1) is 16.2. The van der Waals surface area contributed by atoms with Crippen molar-refractivity contribution in [2.45, 2.75) is 39.2 Å². The normalized spacial score (nSPS) is 25.7. The summed E-state index contributed by atoms with van der Waals surface area (Å²) in [4.78, 5) is 25.6. The highest BCUT2D eigenvalue weighted by Crippen LogP contribution is 2.24. The Balaban J connectivity index is 1.64. The fraction of sp³-hybridized carbons (Fsp3) is 0.867. The van der Waals surface area contributed by atoms with Crippen LogP contribution in [0.5, 0.6) is 0 Å². The van der Waals surface area contributed by atoms with Gasteiger partial charge in [-0.05, 0) is 37.6 Å². The zero-order valence-corrected chi connectivity index (χ0v) is 13.2. The molecule has 0 aromatic heterocycles. The molecule has 6 heteroatoms. The highest BCUT2D eigenvalue weighted by molar-refractivity contribution is 5.95. The quantitative estimate of drug-likeness (QED) is 0.692. The SMILES string of the molecule is CC(C)CCNC(=O)NC(=O)CN1CC2CCCNC2C1. The van der Waals surface area contributed by atoms with E-state index in [1.54, 1.807) is 0 Å². The third-order valence-corrected chi connectivity index (χ3v) is 4.30. The second-order valence-electron chi connectivity index (χ2n) is 6.64. The number of rotatable bonds is 5. The highest BCUT2D eigenvalue weighted by atomic mass is 16.2. The maximum absolute atomic E-state index is 11.9. The third-order valence-electron chi connectivity index (χ3n) is 4.30. The predicted molar refractivity (Wildman–Crippen MR) is 82.0 cm³/mol. The molecule has 21 heavy (non-hydrogen) atoms. The van der Waals surface area contributed by atoms with Crippen LogP contribution in [0.3, 0.4) is 0 Å². The zero-order chi connectivity index (χ0) is 15.2. The summed E-state index contributed by atoms with van der Waals surface area (Å²) >= 11 is 0. The van der Waals surface area contributed by atoms with E-state index in [1.807, 2.05) is 0 Å². The van der Waals surface area contributed by atoms with Gasteiger partial charge in [-0.1, -0.05) is 13.8 Å². The van der Waals surface area contributed by atoms with Crippen molar-refractivity contribution in [3.8, 4) is 0 Å². The minimum absolute atomic E-state index is 0.212. The van der Waals surface area contributed by atoms with Gasteiger partial charge in [0.05, 0.1) is 6.54 Å². The van der Waals surface area contributed by atoms with Gasteiger partial charge in [0.25, 0.3) is 0 Å². The summed E-state index contributed by atoms with van der Waals surface area (Å²) in [6, 6.07) is 0.141. The molecule has 0 saturated carbocycles. The van der Waals surface area contributed by atoms with Crippen molar-refractivity contribution in [3.63, 3.8) is 0 Å². The lowest BCUT2D eigenvalue weighted by molar-refractivity contribution is -0.120. The van der Waals surface area contributed by atoms with E-state index < -0.39 is 0 Å². The van der Waals surface area contributed by atoms with Crippen LogP contribution in [0, 0.1) is 11.8 Å². The number of carbonyl (C=O) groups is 2. The number of hydrogen-bond acceptors (Lipinski definition) is 4. The number of nitrogens with zero attached hydrogens (tertiary/aromatic N) is 1. The Hall–Kier alpha value is -1.14. The largest absolute Gasteiger partial charge is 0.338 e. The summed E-state index contributed by atoms with van der Waals surface area (Å²) in [6.45, 7) is 8.07. The lowest BCUT2D eigenvalue weighted by atomic mass is 9.94. The summed E-state index contributed by atoms with van der Waals surface area (Å²) < 4.78 is 0. The Kier molecular flexibility index (Phi) is 5.99. The number of imide groups is 1. The Labute approximate surface area is 127 Å². The average molecular weight is 296 g/mol. The van der Waals surface area contributed by atoms with Gasteiger partial charge >= 0.3 is 6.03 Å². The number of nitrogens with one attached hydrogen (secondary N) is 3. The smallest absolute Gasteiger partial charge is 0.321 e. The Morgan fingerprint density at radius 3 is 2.86 bits per heavy atom. The summed E-state index contributed by atoms with van der Waals surface area (Å²) in [5.41, 5.74) is 0. The van der Waals surface area contributed by atoms with Crippen LogP contribution in [0.15, 0.2) is 0 Å². The first-order chi connectivity index (χ1) is 10.0. The zero-order valence-electron chi connectivity index (χ0n) is 13.2. The van der Waals surface area contributed by atoms with Gasteiger partial charge in [0.1, 0.15) is 0 Å². The van der Waals surface area contributed by atoms with E-state index in [0.717, 1.165) is 26.1 Å². The Bertz CT molecular complexity index is 359. The monoisotopic (exact) mass is 296 g/mol. The fourth-order valence-corrected chi connectivity index (χ4v) is 3.15. The lowest BCUT2D eigenvalue weighted by Crippen LogP contribution is -2.45. The highest BCUT2D eigenvalue weighted by Gasteiger charge is 2.34. The molecule has 2 rings (SSSR count). The minimum atomic E-state index is -0.379. The molecule has 6 nitrogen and oxygen atoms in total. The van der Waals surface area contributed by atoms with Crippen molar-refractivity contribution in [1.29, 1.82) is 0 Å². The van der Waals surface area contributed by atoms with E-state index >= 15 is 0 Å². The van der Waals surface area contributed by atoms with Gasteiger partial charge in [0, 0.05) is 25.7 Å². The molecule has 0 aromatic carbocycles. The Morgan fingerprint density at radius 1 is 1.33 bits per heavy atom. The van der Waals surface area contributed by atoms with Crippen molar-refractivity contribution in [2.75, 3.05) is 32.7 Å². The summed E-state index contributed by atoms with van der Waals surface area (Å²) in [5.74, 6) is 0.989. The molecule has 2 aliphatic heterocycles. The van der Waals surface area contributed by atoms with E-state index in [1.165, 1.54) is 12.8 Å². The number of carbonyl (C=O) groups excluding carboxylic acids is 2. The lowest BCUT2D eigenvalue weighted by Gasteiger charge is -2.24. The van der Waals surface area contributed by atoms with Crippen LogP contribution in [-0.2, 0) is 4.79 Å².